The zero-order valence-electron chi connectivity index (χ0n) is 9.82. The molecule has 0 aliphatic rings. The topological polar surface area (TPSA) is 29.5 Å². The Morgan fingerprint density at radius 3 is 2.21 bits per heavy atom. The molecule has 0 aliphatic carbocycles. The first kappa shape index (κ1) is 13.4. The summed E-state index contributed by atoms with van der Waals surface area (Å²) >= 11 is 0. The second-order valence-electron chi connectivity index (χ2n) is 3.87. The quantitative estimate of drug-likeness (QED) is 0.918. The fourth-order valence-corrected chi connectivity index (χ4v) is 1.79. The van der Waals surface area contributed by atoms with Crippen molar-refractivity contribution < 1.29 is 23.0 Å². The molecule has 2 aromatic carbocycles. The Bertz CT molecular complexity index is 550. The van der Waals surface area contributed by atoms with Crippen LogP contribution in [-0.4, -0.2) is 11.5 Å². The van der Waals surface area contributed by atoms with Gasteiger partial charge in [-0.25, -0.2) is 0 Å². The first-order chi connectivity index (χ1) is 9.01. The Morgan fingerprint density at radius 2 is 1.63 bits per heavy atom. The van der Waals surface area contributed by atoms with Crippen LogP contribution in [0.5, 0.6) is 5.75 Å². The van der Waals surface area contributed by atoms with Crippen LogP contribution in [0.3, 0.4) is 0 Å². The van der Waals surface area contributed by atoms with Crippen molar-refractivity contribution in [3.63, 3.8) is 0 Å². The highest BCUT2D eigenvalue weighted by Gasteiger charge is 2.33. The predicted molar refractivity (Wildman–Crippen MR) is 64.5 cm³/mol. The molecule has 0 spiro atoms. The lowest BCUT2D eigenvalue weighted by molar-refractivity contribution is -0.274. The van der Waals surface area contributed by atoms with Crippen molar-refractivity contribution in [2.24, 2.45) is 0 Å². The third-order valence-corrected chi connectivity index (χ3v) is 2.57. The van der Waals surface area contributed by atoms with E-state index in [0.29, 0.717) is 11.1 Å². The largest absolute Gasteiger partial charge is 0.573 e. The number of hydrogen-bond acceptors (Lipinski definition) is 2. The average molecular weight is 268 g/mol. The van der Waals surface area contributed by atoms with E-state index in [1.165, 1.54) is 12.1 Å². The summed E-state index contributed by atoms with van der Waals surface area (Å²) in [6, 6.07) is 13.1. The number of aliphatic hydroxyl groups excluding tert-OH is 1. The fraction of sp³-hybridized carbons (Fsp3) is 0.143. The Labute approximate surface area is 108 Å². The molecule has 100 valence electrons. The average Bonchev–Trinajstić information content (AvgIpc) is 2.38. The zero-order chi connectivity index (χ0) is 13.9. The molecule has 0 atom stereocenters. The molecule has 0 saturated heterocycles. The molecule has 0 fully saturated rings. The summed E-state index contributed by atoms with van der Waals surface area (Å²) in [6.45, 7) is -0.522. The first-order valence-corrected chi connectivity index (χ1v) is 5.55. The third-order valence-electron chi connectivity index (χ3n) is 2.57. The van der Waals surface area contributed by atoms with Crippen LogP contribution in [0.25, 0.3) is 11.1 Å². The minimum absolute atomic E-state index is 0.0960. The summed E-state index contributed by atoms with van der Waals surface area (Å²) in [4.78, 5) is 0. The zero-order valence-corrected chi connectivity index (χ0v) is 9.82. The summed E-state index contributed by atoms with van der Waals surface area (Å²) in [5.41, 5.74) is 0.986. The summed E-state index contributed by atoms with van der Waals surface area (Å²) in [7, 11) is 0. The van der Waals surface area contributed by atoms with E-state index >= 15 is 0 Å². The van der Waals surface area contributed by atoms with Gasteiger partial charge in [-0.15, -0.1) is 13.2 Å². The highest BCUT2D eigenvalue weighted by molar-refractivity contribution is 5.72. The van der Waals surface area contributed by atoms with Gasteiger partial charge in [0.2, 0.25) is 0 Å². The van der Waals surface area contributed by atoms with Crippen LogP contribution in [0.2, 0.25) is 0 Å². The van der Waals surface area contributed by atoms with Gasteiger partial charge in [-0.3, -0.25) is 0 Å². The number of para-hydroxylation sites is 1. The molecule has 2 rings (SSSR count). The van der Waals surface area contributed by atoms with Gasteiger partial charge in [-0.1, -0.05) is 48.5 Å². The molecule has 1 N–H and O–H groups in total. The standard InChI is InChI=1S/C14H11F3O2/c15-14(16,17)19-13-11(9-18)7-4-8-12(13)10-5-2-1-3-6-10/h1-8,18H,9H2. The molecule has 2 aromatic rings. The molecule has 0 saturated carbocycles. The maximum absolute atomic E-state index is 12.4. The van der Waals surface area contributed by atoms with Crippen molar-refractivity contribution in [1.82, 2.24) is 0 Å². The van der Waals surface area contributed by atoms with Crippen molar-refractivity contribution in [2.45, 2.75) is 13.0 Å². The number of rotatable bonds is 3. The summed E-state index contributed by atoms with van der Waals surface area (Å²) in [5, 5.41) is 9.14. The number of aliphatic hydroxyl groups is 1. The predicted octanol–water partition coefficient (Wildman–Crippen LogP) is 3.74. The Hall–Kier alpha value is -2.01. The summed E-state index contributed by atoms with van der Waals surface area (Å²) in [6.07, 6.45) is -4.80. The van der Waals surface area contributed by atoms with Crippen LogP contribution in [0.15, 0.2) is 48.5 Å². The highest BCUT2D eigenvalue weighted by Crippen LogP contribution is 2.36. The second kappa shape index (κ2) is 5.32. The molecule has 19 heavy (non-hydrogen) atoms. The monoisotopic (exact) mass is 268 g/mol. The van der Waals surface area contributed by atoms with Crippen molar-refractivity contribution >= 4 is 0 Å². The van der Waals surface area contributed by atoms with E-state index in [0.717, 1.165) is 0 Å². The van der Waals surface area contributed by atoms with Gasteiger partial charge in [0, 0.05) is 11.1 Å². The maximum Gasteiger partial charge on any atom is 0.573 e. The minimum Gasteiger partial charge on any atom is -0.405 e. The molecule has 0 aromatic heterocycles. The van der Waals surface area contributed by atoms with E-state index in [9.17, 15) is 13.2 Å². The molecule has 5 heteroatoms. The number of ether oxygens (including phenoxy) is 1. The van der Waals surface area contributed by atoms with E-state index in [2.05, 4.69) is 4.74 Å². The van der Waals surface area contributed by atoms with Crippen molar-refractivity contribution in [1.29, 1.82) is 0 Å². The molecular weight excluding hydrogens is 257 g/mol. The maximum atomic E-state index is 12.4. The SMILES string of the molecule is OCc1cccc(-c2ccccc2)c1OC(F)(F)F. The number of benzene rings is 2. The van der Waals surface area contributed by atoms with Crippen molar-refractivity contribution in [2.75, 3.05) is 0 Å². The van der Waals surface area contributed by atoms with Crippen molar-refractivity contribution in [3.8, 4) is 16.9 Å². The van der Waals surface area contributed by atoms with E-state index in [-0.39, 0.29) is 11.3 Å². The van der Waals surface area contributed by atoms with E-state index in [4.69, 9.17) is 5.11 Å². The molecule has 0 heterocycles. The smallest absolute Gasteiger partial charge is 0.405 e. The van der Waals surface area contributed by atoms with Crippen molar-refractivity contribution in [3.05, 3.63) is 54.1 Å². The lowest BCUT2D eigenvalue weighted by Gasteiger charge is -2.16. The van der Waals surface area contributed by atoms with Crippen LogP contribution >= 0.6 is 0 Å². The fourth-order valence-electron chi connectivity index (χ4n) is 1.79. The van der Waals surface area contributed by atoms with Gasteiger partial charge in [0.25, 0.3) is 0 Å². The van der Waals surface area contributed by atoms with Gasteiger partial charge in [0.1, 0.15) is 5.75 Å². The van der Waals surface area contributed by atoms with Gasteiger partial charge in [0.05, 0.1) is 6.61 Å². The van der Waals surface area contributed by atoms with Crippen LogP contribution < -0.4 is 4.74 Å². The minimum atomic E-state index is -4.80. The first-order valence-electron chi connectivity index (χ1n) is 5.55. The lowest BCUT2D eigenvalue weighted by atomic mass is 10.0. The molecule has 0 amide bonds. The van der Waals surface area contributed by atoms with Gasteiger partial charge < -0.3 is 9.84 Å². The molecule has 2 nitrogen and oxygen atoms in total. The van der Waals surface area contributed by atoms with E-state index < -0.39 is 13.0 Å². The molecule has 0 unspecified atom stereocenters. The molecule has 0 bridgehead atoms. The highest BCUT2D eigenvalue weighted by atomic mass is 19.4. The van der Waals surface area contributed by atoms with Gasteiger partial charge in [-0.2, -0.15) is 0 Å². The van der Waals surface area contributed by atoms with E-state index in [1.807, 2.05) is 0 Å². The summed E-state index contributed by atoms with van der Waals surface area (Å²) in [5.74, 6) is -0.358. The van der Waals surface area contributed by atoms with Crippen LogP contribution in [0, 0.1) is 0 Å². The van der Waals surface area contributed by atoms with Gasteiger partial charge >= 0.3 is 6.36 Å². The second-order valence-corrected chi connectivity index (χ2v) is 3.87. The third kappa shape index (κ3) is 3.26. The lowest BCUT2D eigenvalue weighted by Crippen LogP contribution is -2.18. The normalized spacial score (nSPS) is 11.4. The number of hydrogen-bond donors (Lipinski definition) is 1. The van der Waals surface area contributed by atoms with E-state index in [1.54, 1.807) is 36.4 Å². The van der Waals surface area contributed by atoms with Crippen LogP contribution in [0.1, 0.15) is 5.56 Å². The molecule has 0 aliphatic heterocycles. The molecule has 0 radical (unpaired) electrons. The summed E-state index contributed by atoms with van der Waals surface area (Å²) < 4.78 is 41.4. The van der Waals surface area contributed by atoms with Gasteiger partial charge in [-0.05, 0) is 5.56 Å². The molecular formula is C14H11F3O2. The van der Waals surface area contributed by atoms with Gasteiger partial charge in [0.15, 0.2) is 0 Å². The van der Waals surface area contributed by atoms with Crippen LogP contribution in [-0.2, 0) is 6.61 Å². The number of alkyl halides is 3. The number of halogens is 3. The Kier molecular flexibility index (Phi) is 3.76. The Balaban J connectivity index is 2.54. The van der Waals surface area contributed by atoms with Crippen LogP contribution in [0.4, 0.5) is 13.2 Å². The Morgan fingerprint density at radius 1 is 0.947 bits per heavy atom.